The lowest BCUT2D eigenvalue weighted by atomic mass is 9.99. The van der Waals surface area contributed by atoms with Gasteiger partial charge in [0.15, 0.2) is 0 Å². The van der Waals surface area contributed by atoms with E-state index in [1.165, 1.54) is 0 Å². The van der Waals surface area contributed by atoms with Crippen molar-refractivity contribution >= 4 is 34.6 Å². The van der Waals surface area contributed by atoms with E-state index in [9.17, 15) is 24.3 Å². The van der Waals surface area contributed by atoms with Crippen molar-refractivity contribution in [3.63, 3.8) is 0 Å². The molecule has 0 bridgehead atoms. The molecule has 0 aliphatic carbocycles. The van der Waals surface area contributed by atoms with Gasteiger partial charge in [0.05, 0.1) is 6.04 Å². The van der Waals surface area contributed by atoms with E-state index in [0.29, 0.717) is 19.4 Å². The van der Waals surface area contributed by atoms with Crippen LogP contribution in [0.1, 0.15) is 58.9 Å². The SMILES string of the molecule is CC(C)CC(NC(=O)C(Cc1c[nH]c2ccccc12)NC(=O)C(NC(=O)C(N)CCCCN)C(C)C)C(=O)O. The van der Waals surface area contributed by atoms with Gasteiger partial charge in [-0.1, -0.05) is 52.3 Å². The van der Waals surface area contributed by atoms with Crippen molar-refractivity contribution in [3.05, 3.63) is 36.0 Å². The summed E-state index contributed by atoms with van der Waals surface area (Å²) in [7, 11) is 0. The van der Waals surface area contributed by atoms with Crippen LogP contribution in [0.25, 0.3) is 10.9 Å². The lowest BCUT2D eigenvalue weighted by Gasteiger charge is -2.27. The monoisotopic (exact) mass is 544 g/mol. The molecule has 4 unspecified atom stereocenters. The number of nitrogens with two attached hydrogens (primary N) is 2. The molecule has 3 amide bonds. The van der Waals surface area contributed by atoms with Crippen LogP contribution in [0.2, 0.25) is 0 Å². The van der Waals surface area contributed by atoms with Crippen LogP contribution < -0.4 is 27.4 Å². The van der Waals surface area contributed by atoms with E-state index in [1.54, 1.807) is 20.0 Å². The molecule has 0 aliphatic heterocycles. The number of fused-ring (bicyclic) bond motifs is 1. The third-order valence-electron chi connectivity index (χ3n) is 6.61. The number of carbonyl (C=O) groups is 4. The number of aromatic nitrogens is 1. The minimum Gasteiger partial charge on any atom is -0.480 e. The Hall–Kier alpha value is -3.44. The molecule has 0 saturated carbocycles. The van der Waals surface area contributed by atoms with Gasteiger partial charge in [-0.05, 0) is 49.3 Å². The minimum atomic E-state index is -1.15. The van der Waals surface area contributed by atoms with Crippen molar-refractivity contribution in [2.75, 3.05) is 6.54 Å². The quantitative estimate of drug-likeness (QED) is 0.155. The van der Waals surface area contributed by atoms with Crippen LogP contribution in [0, 0.1) is 11.8 Å². The number of amides is 3. The first-order valence-electron chi connectivity index (χ1n) is 13.6. The van der Waals surface area contributed by atoms with Gasteiger partial charge in [-0.15, -0.1) is 0 Å². The molecule has 11 heteroatoms. The van der Waals surface area contributed by atoms with Gasteiger partial charge in [-0.25, -0.2) is 4.79 Å². The van der Waals surface area contributed by atoms with E-state index in [1.807, 2.05) is 38.1 Å². The molecule has 0 fully saturated rings. The van der Waals surface area contributed by atoms with Crippen molar-refractivity contribution in [1.29, 1.82) is 0 Å². The highest BCUT2D eigenvalue weighted by Crippen LogP contribution is 2.20. The Morgan fingerprint density at radius 3 is 2.21 bits per heavy atom. The maximum atomic E-state index is 13.4. The Balaban J connectivity index is 2.26. The summed E-state index contributed by atoms with van der Waals surface area (Å²) in [5.74, 6) is -3.04. The highest BCUT2D eigenvalue weighted by atomic mass is 16.4. The molecule has 4 atom stereocenters. The molecule has 1 aromatic heterocycles. The summed E-state index contributed by atoms with van der Waals surface area (Å²) in [6, 6.07) is 3.64. The van der Waals surface area contributed by atoms with Crippen LogP contribution >= 0.6 is 0 Å². The van der Waals surface area contributed by atoms with E-state index in [4.69, 9.17) is 11.5 Å². The number of carboxylic acid groups (broad SMARTS) is 1. The fourth-order valence-electron chi connectivity index (χ4n) is 4.39. The summed E-state index contributed by atoms with van der Waals surface area (Å²) in [6.45, 7) is 7.80. The van der Waals surface area contributed by atoms with Crippen LogP contribution in [-0.4, -0.2) is 64.5 Å². The Kier molecular flexibility index (Phi) is 12.4. The largest absolute Gasteiger partial charge is 0.480 e. The zero-order valence-corrected chi connectivity index (χ0v) is 23.3. The van der Waals surface area contributed by atoms with E-state index >= 15 is 0 Å². The number of nitrogens with one attached hydrogen (secondary N) is 4. The molecule has 0 spiro atoms. The van der Waals surface area contributed by atoms with Crippen molar-refractivity contribution in [2.45, 2.75) is 84.0 Å². The van der Waals surface area contributed by atoms with Gasteiger partial charge in [0.1, 0.15) is 18.1 Å². The first-order chi connectivity index (χ1) is 18.4. The van der Waals surface area contributed by atoms with Gasteiger partial charge in [-0.3, -0.25) is 14.4 Å². The molecule has 0 aliphatic rings. The zero-order chi connectivity index (χ0) is 29.1. The van der Waals surface area contributed by atoms with Gasteiger partial charge in [0, 0.05) is 23.5 Å². The van der Waals surface area contributed by atoms with E-state index in [2.05, 4.69) is 20.9 Å². The molecule has 2 rings (SSSR count). The normalized spacial score (nSPS) is 14.6. The molecule has 0 radical (unpaired) electrons. The van der Waals surface area contributed by atoms with Crippen LogP contribution in [0.4, 0.5) is 0 Å². The van der Waals surface area contributed by atoms with E-state index < -0.39 is 47.9 Å². The summed E-state index contributed by atoms with van der Waals surface area (Å²) < 4.78 is 0. The zero-order valence-electron chi connectivity index (χ0n) is 23.3. The fourth-order valence-corrected chi connectivity index (χ4v) is 4.39. The third kappa shape index (κ3) is 9.67. The highest BCUT2D eigenvalue weighted by Gasteiger charge is 2.32. The summed E-state index contributed by atoms with van der Waals surface area (Å²) in [5.41, 5.74) is 13.2. The fraction of sp³-hybridized carbons (Fsp3) is 0.571. The number of aromatic amines is 1. The Labute approximate surface area is 229 Å². The van der Waals surface area contributed by atoms with Crippen LogP contribution in [-0.2, 0) is 25.6 Å². The molecule has 39 heavy (non-hydrogen) atoms. The second kappa shape index (κ2) is 15.2. The number of H-pyrrole nitrogens is 1. The van der Waals surface area contributed by atoms with Crippen molar-refractivity contribution in [2.24, 2.45) is 23.3 Å². The average Bonchev–Trinajstić information content (AvgIpc) is 3.28. The smallest absolute Gasteiger partial charge is 0.326 e. The number of carboxylic acids is 1. The second-order valence-corrected chi connectivity index (χ2v) is 10.8. The molecule has 216 valence electrons. The van der Waals surface area contributed by atoms with Gasteiger partial charge in [0.2, 0.25) is 17.7 Å². The molecule has 1 heterocycles. The van der Waals surface area contributed by atoms with Crippen molar-refractivity contribution < 1.29 is 24.3 Å². The molecule has 2 aromatic rings. The number of hydrogen-bond donors (Lipinski definition) is 7. The molecular formula is C28H44N6O5. The first-order valence-corrected chi connectivity index (χ1v) is 13.6. The van der Waals surface area contributed by atoms with Gasteiger partial charge in [-0.2, -0.15) is 0 Å². The van der Waals surface area contributed by atoms with Crippen LogP contribution in [0.5, 0.6) is 0 Å². The van der Waals surface area contributed by atoms with Crippen LogP contribution in [0.3, 0.4) is 0 Å². The number of carbonyl (C=O) groups excluding carboxylic acids is 3. The Bertz CT molecular complexity index is 1110. The van der Waals surface area contributed by atoms with Crippen molar-refractivity contribution in [3.8, 4) is 0 Å². The number of benzene rings is 1. The topological polar surface area (TPSA) is 192 Å². The van der Waals surface area contributed by atoms with Gasteiger partial charge < -0.3 is 37.5 Å². The minimum absolute atomic E-state index is 0.0302. The van der Waals surface area contributed by atoms with Crippen molar-refractivity contribution in [1.82, 2.24) is 20.9 Å². The summed E-state index contributed by atoms with van der Waals surface area (Å²) in [6.07, 6.45) is 4.00. The lowest BCUT2D eigenvalue weighted by molar-refractivity contribution is -0.142. The predicted molar refractivity (Wildman–Crippen MR) is 151 cm³/mol. The van der Waals surface area contributed by atoms with Gasteiger partial charge >= 0.3 is 5.97 Å². The number of para-hydroxylation sites is 1. The average molecular weight is 545 g/mol. The molecule has 0 saturated heterocycles. The number of aliphatic carboxylic acids is 1. The second-order valence-electron chi connectivity index (χ2n) is 10.8. The first kappa shape index (κ1) is 31.8. The Morgan fingerprint density at radius 2 is 1.59 bits per heavy atom. The summed E-state index contributed by atoms with van der Waals surface area (Å²) >= 11 is 0. The van der Waals surface area contributed by atoms with Gasteiger partial charge in [0.25, 0.3) is 0 Å². The summed E-state index contributed by atoms with van der Waals surface area (Å²) in [4.78, 5) is 54.5. The van der Waals surface area contributed by atoms with E-state index in [0.717, 1.165) is 22.9 Å². The third-order valence-corrected chi connectivity index (χ3v) is 6.61. The number of unbranched alkanes of at least 4 members (excludes halogenated alkanes) is 1. The predicted octanol–water partition coefficient (Wildman–Crippen LogP) is 1.41. The highest BCUT2D eigenvalue weighted by molar-refractivity contribution is 5.95. The summed E-state index contributed by atoms with van der Waals surface area (Å²) in [5, 5.41) is 18.6. The maximum Gasteiger partial charge on any atom is 0.326 e. The Morgan fingerprint density at radius 1 is 0.923 bits per heavy atom. The van der Waals surface area contributed by atoms with Crippen LogP contribution in [0.15, 0.2) is 30.5 Å². The van der Waals surface area contributed by atoms with E-state index in [-0.39, 0.29) is 24.7 Å². The molecular weight excluding hydrogens is 500 g/mol. The molecule has 9 N–H and O–H groups in total. The number of rotatable bonds is 16. The molecule has 11 nitrogen and oxygen atoms in total. The number of hydrogen-bond acceptors (Lipinski definition) is 6. The lowest BCUT2D eigenvalue weighted by Crippen LogP contribution is -2.59. The molecule has 1 aromatic carbocycles. The standard InChI is InChI=1S/C28H44N6O5/c1-16(2)13-23(28(38)39)33-26(36)22(14-18-15-31-21-11-6-5-9-19(18)21)32-27(37)24(17(3)4)34-25(35)20(30)10-7-8-12-29/h5-6,9,11,15-17,20,22-24,31H,7-8,10,12-14,29-30H2,1-4H3,(H,32,37)(H,33,36)(H,34,35)(H,38,39). The maximum absolute atomic E-state index is 13.4.